The van der Waals surface area contributed by atoms with Gasteiger partial charge in [0.15, 0.2) is 0 Å². The molecule has 8 heteroatoms. The molecule has 2 aromatic carbocycles. The van der Waals surface area contributed by atoms with Crippen molar-refractivity contribution in [3.63, 3.8) is 0 Å². The highest BCUT2D eigenvalue weighted by Crippen LogP contribution is 2.17. The first-order valence-electron chi connectivity index (χ1n) is 9.72. The summed E-state index contributed by atoms with van der Waals surface area (Å²) >= 11 is 0. The minimum atomic E-state index is -0.246. The van der Waals surface area contributed by atoms with Crippen molar-refractivity contribution in [1.29, 1.82) is 0 Å². The maximum Gasteiger partial charge on any atom is 0.253 e. The van der Waals surface area contributed by atoms with E-state index in [1.807, 2.05) is 54.6 Å². The van der Waals surface area contributed by atoms with Crippen LogP contribution >= 0.6 is 0 Å². The summed E-state index contributed by atoms with van der Waals surface area (Å²) in [6.07, 6.45) is 4.94. The van der Waals surface area contributed by atoms with Crippen LogP contribution in [-0.2, 0) is 11.3 Å². The second-order valence-electron chi connectivity index (χ2n) is 6.90. The van der Waals surface area contributed by atoms with E-state index in [1.54, 1.807) is 17.2 Å². The van der Waals surface area contributed by atoms with Crippen LogP contribution in [0.5, 0.6) is 0 Å². The number of hydrogen-bond acceptors (Lipinski definition) is 4. The lowest BCUT2D eigenvalue weighted by Gasteiger charge is -2.19. The summed E-state index contributed by atoms with van der Waals surface area (Å²) in [6, 6.07) is 17.1. The maximum absolute atomic E-state index is 12.5. The highest BCUT2D eigenvalue weighted by atomic mass is 16.2. The molecule has 0 radical (unpaired) electrons. The monoisotopic (exact) mass is 402 g/mol. The number of nitrogens with one attached hydrogen (secondary N) is 3. The molecule has 0 aliphatic rings. The number of rotatable bonds is 8. The van der Waals surface area contributed by atoms with Crippen LogP contribution in [0, 0.1) is 0 Å². The molecule has 0 bridgehead atoms. The molecule has 0 aliphatic carbocycles. The Balaban J connectivity index is 1.34. The van der Waals surface area contributed by atoms with Gasteiger partial charge in [-0.2, -0.15) is 5.10 Å². The Kier molecular flexibility index (Phi) is 5.84. The molecule has 3 N–H and O–H groups in total. The van der Waals surface area contributed by atoms with Crippen molar-refractivity contribution in [2.45, 2.75) is 19.0 Å². The van der Waals surface area contributed by atoms with Gasteiger partial charge >= 0.3 is 0 Å². The molecule has 30 heavy (non-hydrogen) atoms. The molecule has 2 amide bonds. The number of H-pyrrole nitrogens is 1. The van der Waals surface area contributed by atoms with Gasteiger partial charge in [-0.1, -0.05) is 48.5 Å². The number of hydrogen-bond donors (Lipinski definition) is 3. The van der Waals surface area contributed by atoms with Gasteiger partial charge in [0.05, 0.1) is 18.2 Å². The Morgan fingerprint density at radius 1 is 1.07 bits per heavy atom. The number of nitrogens with zero attached hydrogens (tertiary/aromatic N) is 3. The van der Waals surface area contributed by atoms with Gasteiger partial charge in [0.2, 0.25) is 5.91 Å². The SMILES string of the molecule is O=C(CCNC(=O)c1c[nH]c2ccccc12)NC(Cn1cncn1)c1ccccc1. The molecular formula is C22H22N6O2. The number of carbonyl (C=O) groups is 2. The molecule has 2 aromatic heterocycles. The lowest BCUT2D eigenvalue weighted by atomic mass is 10.1. The van der Waals surface area contributed by atoms with Crippen molar-refractivity contribution in [2.75, 3.05) is 6.54 Å². The van der Waals surface area contributed by atoms with E-state index in [-0.39, 0.29) is 30.8 Å². The van der Waals surface area contributed by atoms with Crippen LogP contribution in [0.1, 0.15) is 28.4 Å². The molecular weight excluding hydrogens is 380 g/mol. The van der Waals surface area contributed by atoms with E-state index in [4.69, 9.17) is 0 Å². The molecule has 0 fully saturated rings. The van der Waals surface area contributed by atoms with Crippen molar-refractivity contribution in [1.82, 2.24) is 30.4 Å². The number of aromatic nitrogens is 4. The topological polar surface area (TPSA) is 105 Å². The summed E-state index contributed by atoms with van der Waals surface area (Å²) in [5.41, 5.74) is 2.45. The average molecular weight is 402 g/mol. The quantitative estimate of drug-likeness (QED) is 0.421. The third-order valence-corrected chi connectivity index (χ3v) is 4.84. The second kappa shape index (κ2) is 9.04. The third-order valence-electron chi connectivity index (χ3n) is 4.84. The summed E-state index contributed by atoms with van der Waals surface area (Å²) < 4.78 is 1.68. The summed E-state index contributed by atoms with van der Waals surface area (Å²) in [7, 11) is 0. The van der Waals surface area contributed by atoms with Gasteiger partial charge in [-0.25, -0.2) is 4.98 Å². The number of benzene rings is 2. The summed E-state index contributed by atoms with van der Waals surface area (Å²) in [6.45, 7) is 0.715. The molecule has 1 atom stereocenters. The van der Waals surface area contributed by atoms with Crippen LogP contribution in [0.25, 0.3) is 10.9 Å². The zero-order chi connectivity index (χ0) is 20.8. The van der Waals surface area contributed by atoms with Crippen molar-refractivity contribution in [2.24, 2.45) is 0 Å². The van der Waals surface area contributed by atoms with Crippen LogP contribution in [0.15, 0.2) is 73.4 Å². The van der Waals surface area contributed by atoms with Gasteiger partial charge in [0.25, 0.3) is 5.91 Å². The Labute approximate surface area is 173 Å². The fraction of sp³-hybridized carbons (Fsp3) is 0.182. The molecule has 2 heterocycles. The zero-order valence-electron chi connectivity index (χ0n) is 16.3. The smallest absolute Gasteiger partial charge is 0.253 e. The number of para-hydroxylation sites is 1. The Hall–Kier alpha value is -3.94. The largest absolute Gasteiger partial charge is 0.360 e. The number of amides is 2. The van der Waals surface area contributed by atoms with Crippen molar-refractivity contribution in [3.05, 3.63) is 84.6 Å². The molecule has 1 unspecified atom stereocenters. The fourth-order valence-corrected chi connectivity index (χ4v) is 3.34. The van der Waals surface area contributed by atoms with Crippen LogP contribution in [0.2, 0.25) is 0 Å². The Bertz CT molecular complexity index is 1120. The lowest BCUT2D eigenvalue weighted by molar-refractivity contribution is -0.121. The minimum Gasteiger partial charge on any atom is -0.360 e. The van der Waals surface area contributed by atoms with Gasteiger partial charge in [0, 0.05) is 30.1 Å². The molecule has 4 aromatic rings. The summed E-state index contributed by atoms with van der Waals surface area (Å²) in [5, 5.41) is 10.8. The van der Waals surface area contributed by atoms with Gasteiger partial charge in [-0.05, 0) is 11.6 Å². The predicted molar refractivity (Wildman–Crippen MR) is 113 cm³/mol. The van der Waals surface area contributed by atoms with E-state index < -0.39 is 0 Å². The lowest BCUT2D eigenvalue weighted by Crippen LogP contribution is -2.34. The highest BCUT2D eigenvalue weighted by Gasteiger charge is 2.16. The van der Waals surface area contributed by atoms with Crippen LogP contribution < -0.4 is 10.6 Å². The van der Waals surface area contributed by atoms with E-state index in [2.05, 4.69) is 25.7 Å². The Morgan fingerprint density at radius 3 is 2.67 bits per heavy atom. The van der Waals surface area contributed by atoms with Crippen molar-refractivity contribution < 1.29 is 9.59 Å². The Morgan fingerprint density at radius 2 is 1.87 bits per heavy atom. The van der Waals surface area contributed by atoms with E-state index in [0.29, 0.717) is 12.1 Å². The summed E-state index contributed by atoms with van der Waals surface area (Å²) in [4.78, 5) is 32.0. The highest BCUT2D eigenvalue weighted by molar-refractivity contribution is 6.06. The van der Waals surface area contributed by atoms with Gasteiger partial charge in [0.1, 0.15) is 12.7 Å². The number of fused-ring (bicyclic) bond motifs is 1. The first-order chi connectivity index (χ1) is 14.7. The van der Waals surface area contributed by atoms with Crippen molar-refractivity contribution in [3.8, 4) is 0 Å². The standard InChI is InChI=1S/C22H22N6O2/c29-21(10-11-24-22(30)18-12-25-19-9-5-4-8-17(18)19)27-20(13-28-15-23-14-26-28)16-6-2-1-3-7-16/h1-9,12,14-15,20,25H,10-11,13H2,(H,24,30)(H,27,29). The van der Waals surface area contributed by atoms with Crippen LogP contribution in [0.4, 0.5) is 0 Å². The minimum absolute atomic E-state index is 0.150. The van der Waals surface area contributed by atoms with Crippen molar-refractivity contribution >= 4 is 22.7 Å². The van der Waals surface area contributed by atoms with Crippen LogP contribution in [-0.4, -0.2) is 38.1 Å². The first-order valence-corrected chi connectivity index (χ1v) is 9.72. The zero-order valence-corrected chi connectivity index (χ0v) is 16.3. The maximum atomic E-state index is 12.5. The molecule has 8 nitrogen and oxygen atoms in total. The third kappa shape index (κ3) is 4.54. The molecule has 0 saturated carbocycles. The average Bonchev–Trinajstić information content (AvgIpc) is 3.43. The predicted octanol–water partition coefficient (Wildman–Crippen LogP) is 2.44. The van der Waals surface area contributed by atoms with E-state index in [1.165, 1.54) is 6.33 Å². The van der Waals surface area contributed by atoms with Crippen LogP contribution in [0.3, 0.4) is 0 Å². The fourth-order valence-electron chi connectivity index (χ4n) is 3.34. The van der Waals surface area contributed by atoms with Gasteiger partial charge in [-0.3, -0.25) is 14.3 Å². The number of carbonyl (C=O) groups excluding carboxylic acids is 2. The molecule has 0 saturated heterocycles. The molecule has 4 rings (SSSR count). The van der Waals surface area contributed by atoms with E-state index in [0.717, 1.165) is 16.5 Å². The normalized spacial score (nSPS) is 11.9. The number of aromatic amines is 1. The molecule has 0 aliphatic heterocycles. The second-order valence-corrected chi connectivity index (χ2v) is 6.90. The van der Waals surface area contributed by atoms with E-state index >= 15 is 0 Å². The molecule has 152 valence electrons. The van der Waals surface area contributed by atoms with Gasteiger partial charge < -0.3 is 15.6 Å². The summed E-state index contributed by atoms with van der Waals surface area (Å²) in [5.74, 6) is -0.356. The first kappa shape index (κ1) is 19.4. The molecule has 0 spiro atoms. The van der Waals surface area contributed by atoms with E-state index in [9.17, 15) is 9.59 Å². The van der Waals surface area contributed by atoms with Gasteiger partial charge in [-0.15, -0.1) is 0 Å².